The maximum atomic E-state index is 12.1. The zero-order chi connectivity index (χ0) is 19.8. The number of nitrogens with zero attached hydrogens (tertiary/aromatic N) is 4. The first-order valence-electron chi connectivity index (χ1n) is 8.70. The molecule has 3 rings (SSSR count). The van der Waals surface area contributed by atoms with Gasteiger partial charge in [0.05, 0.1) is 18.7 Å². The lowest BCUT2D eigenvalue weighted by Crippen LogP contribution is -2.26. The van der Waals surface area contributed by atoms with E-state index in [9.17, 15) is 9.59 Å². The molecule has 2 N–H and O–H groups in total. The standard InChI is InChI=1S/C18H20N6O2S2/c1-2-24-14(11-20-15(25)10-13-6-4-3-5-7-13)22-23-18(24)28-12-16(26)21-17-19-8-9-27-17/h3-9H,2,10-12H2,1H3,(H,20,25)(H,19,21,26). The fourth-order valence-corrected chi connectivity index (χ4v) is 3.83. The smallest absolute Gasteiger partial charge is 0.236 e. The molecule has 0 aliphatic rings. The summed E-state index contributed by atoms with van der Waals surface area (Å²) in [5.74, 6) is 0.641. The summed E-state index contributed by atoms with van der Waals surface area (Å²) in [4.78, 5) is 28.1. The number of rotatable bonds is 9. The Labute approximate surface area is 170 Å². The number of nitrogens with one attached hydrogen (secondary N) is 2. The average molecular weight is 417 g/mol. The minimum Gasteiger partial charge on any atom is -0.349 e. The molecule has 0 unspecified atom stereocenters. The van der Waals surface area contributed by atoms with Crippen molar-refractivity contribution in [2.24, 2.45) is 0 Å². The Balaban J connectivity index is 1.51. The summed E-state index contributed by atoms with van der Waals surface area (Å²) in [5.41, 5.74) is 0.958. The van der Waals surface area contributed by atoms with E-state index in [0.29, 0.717) is 35.6 Å². The fourth-order valence-electron chi connectivity index (χ4n) is 2.47. The highest BCUT2D eigenvalue weighted by Crippen LogP contribution is 2.18. The van der Waals surface area contributed by atoms with Crippen molar-refractivity contribution in [2.75, 3.05) is 11.1 Å². The highest BCUT2D eigenvalue weighted by Gasteiger charge is 2.14. The molecule has 1 aromatic carbocycles. The zero-order valence-corrected chi connectivity index (χ0v) is 16.9. The molecule has 0 atom stereocenters. The van der Waals surface area contributed by atoms with Crippen LogP contribution in [0.1, 0.15) is 18.3 Å². The van der Waals surface area contributed by atoms with Gasteiger partial charge < -0.3 is 15.2 Å². The Kier molecular flexibility index (Phi) is 7.15. The fraction of sp³-hybridized carbons (Fsp3) is 0.278. The third kappa shape index (κ3) is 5.64. The van der Waals surface area contributed by atoms with Gasteiger partial charge in [-0.25, -0.2) is 4.98 Å². The van der Waals surface area contributed by atoms with Gasteiger partial charge in [-0.05, 0) is 12.5 Å². The van der Waals surface area contributed by atoms with Gasteiger partial charge in [-0.3, -0.25) is 9.59 Å². The summed E-state index contributed by atoms with van der Waals surface area (Å²) in [6, 6.07) is 9.57. The molecular weight excluding hydrogens is 396 g/mol. The second kappa shape index (κ2) is 10.00. The number of anilines is 1. The van der Waals surface area contributed by atoms with Gasteiger partial charge in [-0.1, -0.05) is 42.1 Å². The van der Waals surface area contributed by atoms with E-state index < -0.39 is 0 Å². The third-order valence-corrected chi connectivity index (χ3v) is 5.43. The highest BCUT2D eigenvalue weighted by atomic mass is 32.2. The first-order valence-corrected chi connectivity index (χ1v) is 10.6. The quantitative estimate of drug-likeness (QED) is 0.519. The Morgan fingerprint density at radius 2 is 2.00 bits per heavy atom. The molecular formula is C18H20N6O2S2. The van der Waals surface area contributed by atoms with Crippen LogP contribution in [0.2, 0.25) is 0 Å². The maximum absolute atomic E-state index is 12.1. The van der Waals surface area contributed by atoms with Gasteiger partial charge >= 0.3 is 0 Å². The molecule has 8 nitrogen and oxygen atoms in total. The van der Waals surface area contributed by atoms with E-state index in [2.05, 4.69) is 25.8 Å². The maximum Gasteiger partial charge on any atom is 0.236 e. The molecule has 2 aromatic heterocycles. The Morgan fingerprint density at radius 1 is 1.18 bits per heavy atom. The van der Waals surface area contributed by atoms with E-state index in [1.165, 1.54) is 23.1 Å². The van der Waals surface area contributed by atoms with Crippen molar-refractivity contribution in [2.45, 2.75) is 31.6 Å². The third-order valence-electron chi connectivity index (χ3n) is 3.77. The van der Waals surface area contributed by atoms with Gasteiger partial charge in [0.1, 0.15) is 0 Å². The molecule has 0 bridgehead atoms. The number of benzene rings is 1. The molecule has 0 saturated carbocycles. The first kappa shape index (κ1) is 20.0. The largest absolute Gasteiger partial charge is 0.349 e. The van der Waals surface area contributed by atoms with Crippen molar-refractivity contribution >= 4 is 40.0 Å². The number of amides is 2. The molecule has 0 spiro atoms. The topological polar surface area (TPSA) is 102 Å². The number of hydrogen-bond donors (Lipinski definition) is 2. The van der Waals surface area contributed by atoms with Gasteiger partial charge in [-0.2, -0.15) is 0 Å². The van der Waals surface area contributed by atoms with Crippen LogP contribution in [-0.4, -0.2) is 37.3 Å². The van der Waals surface area contributed by atoms with Crippen molar-refractivity contribution in [1.82, 2.24) is 25.1 Å². The second-order valence-corrected chi connectivity index (χ2v) is 7.59. The first-order chi connectivity index (χ1) is 13.7. The Hall–Kier alpha value is -2.72. The SMILES string of the molecule is CCn1c(CNC(=O)Cc2ccccc2)nnc1SCC(=O)Nc1nccs1. The normalized spacial score (nSPS) is 10.6. The van der Waals surface area contributed by atoms with E-state index in [1.54, 1.807) is 11.6 Å². The van der Waals surface area contributed by atoms with E-state index in [1.807, 2.05) is 41.8 Å². The lowest BCUT2D eigenvalue weighted by Gasteiger charge is -2.08. The van der Waals surface area contributed by atoms with Crippen LogP contribution in [0, 0.1) is 0 Å². The number of aromatic nitrogens is 4. The second-order valence-electron chi connectivity index (χ2n) is 5.76. The highest BCUT2D eigenvalue weighted by molar-refractivity contribution is 7.99. The van der Waals surface area contributed by atoms with Crippen LogP contribution in [-0.2, 0) is 29.1 Å². The van der Waals surface area contributed by atoms with Crippen LogP contribution in [0.15, 0.2) is 47.1 Å². The molecule has 2 heterocycles. The molecule has 0 aliphatic heterocycles. The number of carbonyl (C=O) groups is 2. The number of thiazole rings is 1. The number of hydrogen-bond acceptors (Lipinski definition) is 7. The Morgan fingerprint density at radius 3 is 2.71 bits per heavy atom. The Bertz CT molecular complexity index is 912. The van der Waals surface area contributed by atoms with Gasteiger partial charge in [0.15, 0.2) is 16.1 Å². The lowest BCUT2D eigenvalue weighted by atomic mass is 10.1. The molecule has 10 heteroatoms. The average Bonchev–Trinajstić information content (AvgIpc) is 3.34. The van der Waals surface area contributed by atoms with E-state index in [4.69, 9.17) is 0 Å². The van der Waals surface area contributed by atoms with Crippen molar-refractivity contribution in [3.8, 4) is 0 Å². The summed E-state index contributed by atoms with van der Waals surface area (Å²) >= 11 is 2.67. The molecule has 0 saturated heterocycles. The van der Waals surface area contributed by atoms with Gasteiger partial charge in [-0.15, -0.1) is 21.5 Å². The van der Waals surface area contributed by atoms with Crippen LogP contribution >= 0.6 is 23.1 Å². The van der Waals surface area contributed by atoms with Gasteiger partial charge in [0, 0.05) is 18.1 Å². The minimum atomic E-state index is -0.150. The molecule has 0 fully saturated rings. The number of carbonyl (C=O) groups excluding carboxylic acids is 2. The van der Waals surface area contributed by atoms with Crippen molar-refractivity contribution < 1.29 is 9.59 Å². The summed E-state index contributed by atoms with van der Waals surface area (Å²) in [7, 11) is 0. The van der Waals surface area contributed by atoms with Gasteiger partial charge in [0.25, 0.3) is 0 Å². The monoisotopic (exact) mass is 416 g/mol. The summed E-state index contributed by atoms with van der Waals surface area (Å²) in [6.45, 7) is 2.91. The van der Waals surface area contributed by atoms with Crippen molar-refractivity contribution in [1.29, 1.82) is 0 Å². The van der Waals surface area contributed by atoms with Crippen LogP contribution in [0.5, 0.6) is 0 Å². The molecule has 3 aromatic rings. The predicted octanol–water partition coefficient (Wildman–Crippen LogP) is 2.34. The summed E-state index contributed by atoms with van der Waals surface area (Å²) < 4.78 is 1.89. The number of thioether (sulfide) groups is 1. The van der Waals surface area contributed by atoms with Crippen molar-refractivity contribution in [3.05, 3.63) is 53.3 Å². The van der Waals surface area contributed by atoms with Crippen molar-refractivity contribution in [3.63, 3.8) is 0 Å². The summed E-state index contributed by atoms with van der Waals surface area (Å²) in [5, 5.41) is 16.9. The predicted molar refractivity (Wildman–Crippen MR) is 109 cm³/mol. The molecule has 28 heavy (non-hydrogen) atoms. The van der Waals surface area contributed by atoms with Crippen LogP contribution < -0.4 is 10.6 Å². The zero-order valence-electron chi connectivity index (χ0n) is 15.3. The molecule has 2 amide bonds. The van der Waals surface area contributed by atoms with E-state index in [-0.39, 0.29) is 17.6 Å². The molecule has 0 radical (unpaired) electrons. The van der Waals surface area contributed by atoms with E-state index in [0.717, 1.165) is 5.56 Å². The van der Waals surface area contributed by atoms with E-state index >= 15 is 0 Å². The minimum absolute atomic E-state index is 0.0751. The lowest BCUT2D eigenvalue weighted by molar-refractivity contribution is -0.120. The van der Waals surface area contributed by atoms with Gasteiger partial charge in [0.2, 0.25) is 11.8 Å². The van der Waals surface area contributed by atoms with Crippen LogP contribution in [0.25, 0.3) is 0 Å². The van der Waals surface area contributed by atoms with Crippen LogP contribution in [0.3, 0.4) is 0 Å². The molecule has 146 valence electrons. The summed E-state index contributed by atoms with van der Waals surface area (Å²) in [6.07, 6.45) is 1.96. The molecule has 0 aliphatic carbocycles. The van der Waals surface area contributed by atoms with Crippen LogP contribution in [0.4, 0.5) is 5.13 Å².